The SMILES string of the molecule is C#Cc1ccc(C(C(=O)NC(C)CCC)N(CC)C(=O)C(CS)NC(=O)OC(C)(C)C)cc1. The van der Waals surface area contributed by atoms with E-state index in [9.17, 15) is 14.4 Å². The molecule has 0 spiro atoms. The number of thiol groups is 1. The number of terminal acetylenes is 1. The summed E-state index contributed by atoms with van der Waals surface area (Å²) >= 11 is 4.25. The zero-order valence-corrected chi connectivity index (χ0v) is 21.4. The highest BCUT2D eigenvalue weighted by Crippen LogP contribution is 2.23. The van der Waals surface area contributed by atoms with E-state index in [4.69, 9.17) is 11.2 Å². The van der Waals surface area contributed by atoms with Crippen molar-refractivity contribution in [2.75, 3.05) is 12.3 Å². The maximum absolute atomic E-state index is 13.5. The standard InChI is InChI=1S/C25H37N3O4S/c1-8-11-17(4)26-22(29)21(19-14-12-18(9-2)13-15-19)28(10-3)23(30)20(16-33)27-24(31)32-25(5,6)7/h2,12-15,17,20-21,33H,8,10-11,16H2,1,3-7H3,(H,26,29)(H,27,31). The first-order chi connectivity index (χ1) is 15.5. The molecule has 0 aliphatic carbocycles. The molecule has 182 valence electrons. The van der Waals surface area contributed by atoms with Gasteiger partial charge in [0.15, 0.2) is 0 Å². The number of nitrogens with one attached hydrogen (secondary N) is 2. The average Bonchev–Trinajstić information content (AvgIpc) is 2.74. The van der Waals surface area contributed by atoms with Crippen molar-refractivity contribution >= 4 is 30.5 Å². The van der Waals surface area contributed by atoms with Gasteiger partial charge in [-0.25, -0.2) is 4.79 Å². The van der Waals surface area contributed by atoms with Gasteiger partial charge in [-0.15, -0.1) is 6.42 Å². The number of hydrogen-bond donors (Lipinski definition) is 3. The molecule has 1 rings (SSSR count). The molecule has 0 saturated heterocycles. The number of benzene rings is 1. The predicted molar refractivity (Wildman–Crippen MR) is 134 cm³/mol. The Kier molecular flexibility index (Phi) is 11.3. The first-order valence-corrected chi connectivity index (χ1v) is 11.9. The number of rotatable bonds is 10. The van der Waals surface area contributed by atoms with Crippen LogP contribution in [-0.4, -0.2) is 52.8 Å². The molecule has 0 fully saturated rings. The van der Waals surface area contributed by atoms with E-state index in [0.717, 1.165) is 12.8 Å². The van der Waals surface area contributed by atoms with E-state index in [0.29, 0.717) is 11.1 Å². The van der Waals surface area contributed by atoms with Crippen molar-refractivity contribution in [1.29, 1.82) is 0 Å². The number of likely N-dealkylation sites (N-methyl/N-ethyl adjacent to an activating group) is 1. The second kappa shape index (κ2) is 13.1. The lowest BCUT2D eigenvalue weighted by atomic mass is 10.0. The van der Waals surface area contributed by atoms with Crippen molar-refractivity contribution in [2.45, 2.75) is 78.1 Å². The lowest BCUT2D eigenvalue weighted by Crippen LogP contribution is -2.54. The number of carbonyl (C=O) groups is 3. The Morgan fingerprint density at radius 1 is 1.15 bits per heavy atom. The minimum absolute atomic E-state index is 0.0468. The molecule has 3 unspecified atom stereocenters. The van der Waals surface area contributed by atoms with Crippen LogP contribution in [0.2, 0.25) is 0 Å². The Balaban J connectivity index is 3.27. The summed E-state index contributed by atoms with van der Waals surface area (Å²) in [5, 5.41) is 5.58. The van der Waals surface area contributed by atoms with E-state index >= 15 is 0 Å². The van der Waals surface area contributed by atoms with Gasteiger partial charge in [0.05, 0.1) is 0 Å². The summed E-state index contributed by atoms with van der Waals surface area (Å²) in [6.07, 6.45) is 6.47. The van der Waals surface area contributed by atoms with E-state index in [1.807, 2.05) is 13.8 Å². The Morgan fingerprint density at radius 3 is 2.21 bits per heavy atom. The zero-order valence-electron chi connectivity index (χ0n) is 20.5. The van der Waals surface area contributed by atoms with Crippen molar-refractivity contribution in [2.24, 2.45) is 0 Å². The van der Waals surface area contributed by atoms with Crippen LogP contribution in [0.15, 0.2) is 24.3 Å². The third-order valence-electron chi connectivity index (χ3n) is 4.86. The van der Waals surface area contributed by atoms with Crippen LogP contribution in [0.4, 0.5) is 4.79 Å². The van der Waals surface area contributed by atoms with Gasteiger partial charge in [0.25, 0.3) is 0 Å². The lowest BCUT2D eigenvalue weighted by Gasteiger charge is -2.34. The quantitative estimate of drug-likeness (QED) is 0.356. The van der Waals surface area contributed by atoms with Gasteiger partial charge in [0.2, 0.25) is 11.8 Å². The molecule has 7 nitrogen and oxygen atoms in total. The molecular formula is C25H37N3O4S. The van der Waals surface area contributed by atoms with Crippen LogP contribution in [0.1, 0.15) is 71.6 Å². The molecular weight excluding hydrogens is 438 g/mol. The molecule has 0 radical (unpaired) electrons. The molecule has 2 N–H and O–H groups in total. The highest BCUT2D eigenvalue weighted by Gasteiger charge is 2.35. The normalized spacial score (nSPS) is 13.8. The summed E-state index contributed by atoms with van der Waals surface area (Å²) in [7, 11) is 0. The van der Waals surface area contributed by atoms with Crippen LogP contribution in [0.5, 0.6) is 0 Å². The topological polar surface area (TPSA) is 87.7 Å². The van der Waals surface area contributed by atoms with E-state index in [2.05, 4.69) is 29.2 Å². The molecule has 1 aromatic carbocycles. The summed E-state index contributed by atoms with van der Waals surface area (Å²) in [5.74, 6) is 1.87. The highest BCUT2D eigenvalue weighted by molar-refractivity contribution is 7.80. The smallest absolute Gasteiger partial charge is 0.408 e. The molecule has 0 saturated carbocycles. The van der Waals surface area contributed by atoms with Gasteiger partial charge >= 0.3 is 6.09 Å². The number of amides is 3. The lowest BCUT2D eigenvalue weighted by molar-refractivity contribution is -0.142. The van der Waals surface area contributed by atoms with Crippen LogP contribution in [0.25, 0.3) is 0 Å². The molecule has 1 aromatic rings. The predicted octanol–water partition coefficient (Wildman–Crippen LogP) is 3.69. The number of ether oxygens (including phenoxy) is 1. The fourth-order valence-electron chi connectivity index (χ4n) is 3.36. The number of carbonyl (C=O) groups excluding carboxylic acids is 3. The first-order valence-electron chi connectivity index (χ1n) is 11.2. The third kappa shape index (κ3) is 9.01. The maximum atomic E-state index is 13.5. The molecule has 0 aliphatic rings. The van der Waals surface area contributed by atoms with E-state index in [1.165, 1.54) is 4.90 Å². The molecule has 0 bridgehead atoms. The summed E-state index contributed by atoms with van der Waals surface area (Å²) in [5.41, 5.74) is 0.585. The molecule has 0 aliphatic heterocycles. The van der Waals surface area contributed by atoms with Crippen LogP contribution in [0.3, 0.4) is 0 Å². The minimum atomic E-state index is -0.962. The summed E-state index contributed by atoms with van der Waals surface area (Å²) < 4.78 is 5.28. The number of alkyl carbamates (subject to hydrolysis) is 1. The Hall–Kier alpha value is -2.66. The second-order valence-corrected chi connectivity index (χ2v) is 9.24. The van der Waals surface area contributed by atoms with Crippen LogP contribution >= 0.6 is 12.6 Å². The zero-order chi connectivity index (χ0) is 25.2. The fourth-order valence-corrected chi connectivity index (χ4v) is 3.61. The summed E-state index contributed by atoms with van der Waals surface area (Å²) in [4.78, 5) is 40.5. The Labute approximate surface area is 203 Å². The van der Waals surface area contributed by atoms with E-state index < -0.39 is 29.7 Å². The van der Waals surface area contributed by atoms with Crippen LogP contribution in [0, 0.1) is 12.3 Å². The van der Waals surface area contributed by atoms with Gasteiger partial charge in [-0.2, -0.15) is 12.6 Å². The fraction of sp³-hybridized carbons (Fsp3) is 0.560. The van der Waals surface area contributed by atoms with Gasteiger partial charge in [-0.1, -0.05) is 31.4 Å². The van der Waals surface area contributed by atoms with Gasteiger partial charge in [-0.3, -0.25) is 9.59 Å². The molecule has 0 aromatic heterocycles. The van der Waals surface area contributed by atoms with E-state index in [1.54, 1.807) is 52.0 Å². The third-order valence-corrected chi connectivity index (χ3v) is 5.22. The Morgan fingerprint density at radius 2 is 1.76 bits per heavy atom. The number of hydrogen-bond acceptors (Lipinski definition) is 5. The minimum Gasteiger partial charge on any atom is -0.444 e. The molecule has 3 atom stereocenters. The average molecular weight is 476 g/mol. The van der Waals surface area contributed by atoms with Crippen molar-refractivity contribution in [1.82, 2.24) is 15.5 Å². The van der Waals surface area contributed by atoms with Crippen molar-refractivity contribution < 1.29 is 19.1 Å². The van der Waals surface area contributed by atoms with Gasteiger partial charge < -0.3 is 20.3 Å². The van der Waals surface area contributed by atoms with Crippen LogP contribution in [-0.2, 0) is 14.3 Å². The van der Waals surface area contributed by atoms with Crippen LogP contribution < -0.4 is 10.6 Å². The highest BCUT2D eigenvalue weighted by atomic mass is 32.1. The largest absolute Gasteiger partial charge is 0.444 e. The molecule has 3 amide bonds. The van der Waals surface area contributed by atoms with E-state index in [-0.39, 0.29) is 24.2 Å². The van der Waals surface area contributed by atoms with Gasteiger partial charge in [0, 0.05) is 23.9 Å². The Bertz CT molecular complexity index is 843. The maximum Gasteiger partial charge on any atom is 0.408 e. The van der Waals surface area contributed by atoms with Crippen molar-refractivity contribution in [3.8, 4) is 12.3 Å². The molecule has 33 heavy (non-hydrogen) atoms. The van der Waals surface area contributed by atoms with Crippen molar-refractivity contribution in [3.05, 3.63) is 35.4 Å². The summed E-state index contributed by atoms with van der Waals surface area (Å²) in [6.45, 7) is 11.2. The van der Waals surface area contributed by atoms with Gasteiger partial charge in [-0.05, 0) is 58.7 Å². The first kappa shape index (κ1) is 28.4. The second-order valence-electron chi connectivity index (χ2n) is 8.87. The van der Waals surface area contributed by atoms with Gasteiger partial charge in [0.1, 0.15) is 17.7 Å². The number of nitrogens with zero attached hydrogens (tertiary/aromatic N) is 1. The molecule has 0 heterocycles. The molecule has 8 heteroatoms. The monoisotopic (exact) mass is 475 g/mol. The summed E-state index contributed by atoms with van der Waals surface area (Å²) in [6, 6.07) is 5.06. The van der Waals surface area contributed by atoms with Crippen molar-refractivity contribution in [3.63, 3.8) is 0 Å².